The van der Waals surface area contributed by atoms with E-state index in [2.05, 4.69) is 41.6 Å². The van der Waals surface area contributed by atoms with E-state index < -0.39 is 0 Å². The highest BCUT2D eigenvalue weighted by Gasteiger charge is 2.20. The van der Waals surface area contributed by atoms with Crippen molar-refractivity contribution in [3.63, 3.8) is 0 Å². The molecule has 1 aliphatic rings. The molecule has 0 spiro atoms. The topological polar surface area (TPSA) is 73.5 Å². The van der Waals surface area contributed by atoms with Gasteiger partial charge in [-0.05, 0) is 32.1 Å². The van der Waals surface area contributed by atoms with E-state index in [-0.39, 0.29) is 11.8 Å². The first-order chi connectivity index (χ1) is 13.5. The summed E-state index contributed by atoms with van der Waals surface area (Å²) in [6.07, 6.45) is 7.85. The quantitative estimate of drug-likeness (QED) is 0.417. The van der Waals surface area contributed by atoms with Gasteiger partial charge in [-0.1, -0.05) is 47.5 Å². The molecule has 1 saturated heterocycles. The standard InChI is InChI=1S/C20H40N4O2.C2H6/c1-4-5-7-12-21-19(25)9-6-8-13-22-20(26)16-24-14-10-18(11-15-24)23-17(2)3;1-2/h17-18,23H,4-16H2,1-3H3,(H,21,25)(H,22,26);1-2H3. The van der Waals surface area contributed by atoms with Gasteiger partial charge in [0.1, 0.15) is 0 Å². The second kappa shape index (κ2) is 17.9. The molecule has 0 aliphatic carbocycles. The van der Waals surface area contributed by atoms with Crippen LogP contribution < -0.4 is 16.0 Å². The van der Waals surface area contributed by atoms with Crippen molar-refractivity contribution in [1.29, 1.82) is 0 Å². The first-order valence-corrected chi connectivity index (χ1v) is 11.5. The zero-order valence-electron chi connectivity index (χ0n) is 19.1. The molecule has 0 radical (unpaired) electrons. The third kappa shape index (κ3) is 14.9. The van der Waals surface area contributed by atoms with E-state index in [9.17, 15) is 9.59 Å². The average Bonchev–Trinajstić information content (AvgIpc) is 2.68. The largest absolute Gasteiger partial charge is 0.356 e. The number of amides is 2. The fourth-order valence-corrected chi connectivity index (χ4v) is 3.32. The van der Waals surface area contributed by atoms with Crippen molar-refractivity contribution in [3.8, 4) is 0 Å². The van der Waals surface area contributed by atoms with Crippen LogP contribution in [0.5, 0.6) is 0 Å². The highest BCUT2D eigenvalue weighted by atomic mass is 16.2. The summed E-state index contributed by atoms with van der Waals surface area (Å²) < 4.78 is 0. The van der Waals surface area contributed by atoms with Crippen molar-refractivity contribution < 1.29 is 9.59 Å². The number of nitrogens with one attached hydrogen (secondary N) is 3. The van der Waals surface area contributed by atoms with Crippen molar-refractivity contribution in [2.75, 3.05) is 32.7 Å². The number of unbranched alkanes of at least 4 members (excludes halogenated alkanes) is 3. The molecule has 1 aliphatic heterocycles. The molecule has 1 fully saturated rings. The van der Waals surface area contributed by atoms with Crippen LogP contribution in [0.2, 0.25) is 0 Å². The summed E-state index contributed by atoms with van der Waals surface area (Å²) in [6, 6.07) is 1.11. The SMILES string of the molecule is CC.CCCCCNC(=O)CCCCNC(=O)CN1CCC(NC(C)C)CC1. The number of carbonyl (C=O) groups excluding carboxylic acids is 2. The predicted molar refractivity (Wildman–Crippen MR) is 118 cm³/mol. The number of piperidine rings is 1. The van der Waals surface area contributed by atoms with Gasteiger partial charge in [0.05, 0.1) is 6.54 Å². The Bertz CT molecular complexity index is 394. The summed E-state index contributed by atoms with van der Waals surface area (Å²) in [5, 5.41) is 9.50. The van der Waals surface area contributed by atoms with Crippen LogP contribution in [0.1, 0.15) is 86.0 Å². The van der Waals surface area contributed by atoms with E-state index in [0.717, 1.165) is 58.2 Å². The van der Waals surface area contributed by atoms with Crippen LogP contribution >= 0.6 is 0 Å². The third-order valence-electron chi connectivity index (χ3n) is 4.78. The minimum Gasteiger partial charge on any atom is -0.356 e. The van der Waals surface area contributed by atoms with Gasteiger partial charge >= 0.3 is 0 Å². The Morgan fingerprint density at radius 3 is 2.07 bits per heavy atom. The summed E-state index contributed by atoms with van der Waals surface area (Å²) in [5.74, 6) is 0.231. The molecule has 0 aromatic heterocycles. The zero-order valence-corrected chi connectivity index (χ0v) is 19.1. The highest BCUT2D eigenvalue weighted by molar-refractivity contribution is 5.78. The van der Waals surface area contributed by atoms with Crippen LogP contribution in [-0.4, -0.2) is 61.5 Å². The van der Waals surface area contributed by atoms with Gasteiger partial charge in [0, 0.05) is 44.7 Å². The van der Waals surface area contributed by atoms with Crippen molar-refractivity contribution in [2.24, 2.45) is 0 Å². The Morgan fingerprint density at radius 2 is 1.50 bits per heavy atom. The van der Waals surface area contributed by atoms with Gasteiger partial charge < -0.3 is 16.0 Å². The zero-order chi connectivity index (χ0) is 21.2. The molecule has 1 heterocycles. The van der Waals surface area contributed by atoms with E-state index in [4.69, 9.17) is 0 Å². The van der Waals surface area contributed by atoms with Crippen LogP contribution in [0.25, 0.3) is 0 Å². The Kier molecular flexibility index (Phi) is 17.2. The van der Waals surface area contributed by atoms with Crippen LogP contribution in [0.4, 0.5) is 0 Å². The van der Waals surface area contributed by atoms with Crippen molar-refractivity contribution >= 4 is 11.8 Å². The monoisotopic (exact) mass is 398 g/mol. The molecular weight excluding hydrogens is 352 g/mol. The van der Waals surface area contributed by atoms with Crippen molar-refractivity contribution in [1.82, 2.24) is 20.9 Å². The van der Waals surface area contributed by atoms with Crippen LogP contribution in [0.15, 0.2) is 0 Å². The number of rotatable bonds is 13. The molecule has 0 unspecified atom stereocenters. The maximum absolute atomic E-state index is 12.0. The van der Waals surface area contributed by atoms with E-state index in [1.54, 1.807) is 0 Å². The van der Waals surface area contributed by atoms with Gasteiger partial charge in [-0.15, -0.1) is 0 Å². The summed E-state index contributed by atoms with van der Waals surface area (Å²) in [5.41, 5.74) is 0. The molecule has 0 bridgehead atoms. The summed E-state index contributed by atoms with van der Waals surface area (Å²) in [7, 11) is 0. The average molecular weight is 399 g/mol. The minimum absolute atomic E-state index is 0.101. The first kappa shape index (κ1) is 26.9. The number of carbonyl (C=O) groups is 2. The molecule has 0 atom stereocenters. The Hall–Kier alpha value is -1.14. The van der Waals surface area contributed by atoms with Crippen LogP contribution in [-0.2, 0) is 9.59 Å². The van der Waals surface area contributed by atoms with Crippen molar-refractivity contribution in [2.45, 2.75) is 98.1 Å². The first-order valence-electron chi connectivity index (χ1n) is 11.5. The molecule has 6 heteroatoms. The fraction of sp³-hybridized carbons (Fsp3) is 0.909. The predicted octanol–water partition coefficient (Wildman–Crippen LogP) is 3.07. The van der Waals surface area contributed by atoms with Crippen molar-refractivity contribution in [3.05, 3.63) is 0 Å². The van der Waals surface area contributed by atoms with Gasteiger partial charge in [-0.25, -0.2) is 0 Å². The fourth-order valence-electron chi connectivity index (χ4n) is 3.32. The lowest BCUT2D eigenvalue weighted by Gasteiger charge is -2.32. The molecule has 1 rings (SSSR count). The normalized spacial score (nSPS) is 15.1. The second-order valence-electron chi connectivity index (χ2n) is 7.74. The molecule has 6 nitrogen and oxygen atoms in total. The molecule has 0 aromatic carbocycles. The Labute approximate surface area is 173 Å². The van der Waals surface area contributed by atoms with E-state index in [1.165, 1.54) is 6.42 Å². The van der Waals surface area contributed by atoms with Gasteiger partial charge in [0.25, 0.3) is 0 Å². The third-order valence-corrected chi connectivity index (χ3v) is 4.78. The lowest BCUT2D eigenvalue weighted by Crippen LogP contribution is -2.47. The highest BCUT2D eigenvalue weighted by Crippen LogP contribution is 2.10. The minimum atomic E-state index is 0.101. The summed E-state index contributed by atoms with van der Waals surface area (Å²) in [4.78, 5) is 25.9. The van der Waals surface area contributed by atoms with E-state index in [1.807, 2.05) is 13.8 Å². The molecule has 0 aromatic rings. The van der Waals surface area contributed by atoms with Gasteiger partial charge in [-0.2, -0.15) is 0 Å². The maximum Gasteiger partial charge on any atom is 0.234 e. The molecule has 3 N–H and O–H groups in total. The Balaban J connectivity index is 0.00000352. The van der Waals surface area contributed by atoms with Crippen LogP contribution in [0.3, 0.4) is 0 Å². The lowest BCUT2D eigenvalue weighted by atomic mass is 10.0. The molecular formula is C22H46N4O2. The second-order valence-corrected chi connectivity index (χ2v) is 7.74. The molecule has 0 saturated carbocycles. The summed E-state index contributed by atoms with van der Waals surface area (Å²) in [6.45, 7) is 14.4. The summed E-state index contributed by atoms with van der Waals surface area (Å²) >= 11 is 0. The number of nitrogens with zero attached hydrogens (tertiary/aromatic N) is 1. The Morgan fingerprint density at radius 1 is 0.929 bits per heavy atom. The lowest BCUT2D eigenvalue weighted by molar-refractivity contribution is -0.122. The van der Waals surface area contributed by atoms with Gasteiger partial charge in [0.15, 0.2) is 0 Å². The molecule has 166 valence electrons. The number of hydrogen-bond acceptors (Lipinski definition) is 4. The maximum atomic E-state index is 12.0. The van der Waals surface area contributed by atoms with E-state index >= 15 is 0 Å². The van der Waals surface area contributed by atoms with Gasteiger partial charge in [0.2, 0.25) is 11.8 Å². The number of likely N-dealkylation sites (tertiary alicyclic amines) is 1. The smallest absolute Gasteiger partial charge is 0.234 e. The van der Waals surface area contributed by atoms with E-state index in [0.29, 0.717) is 31.6 Å². The molecule has 28 heavy (non-hydrogen) atoms. The van der Waals surface area contributed by atoms with Crippen LogP contribution in [0, 0.1) is 0 Å². The number of hydrogen-bond donors (Lipinski definition) is 3. The van der Waals surface area contributed by atoms with Gasteiger partial charge in [-0.3, -0.25) is 14.5 Å². The molecule has 2 amide bonds.